The van der Waals surface area contributed by atoms with Gasteiger partial charge in [-0.1, -0.05) is 0 Å². The van der Waals surface area contributed by atoms with Crippen LogP contribution in [0.5, 0.6) is 5.75 Å². The molecule has 1 saturated heterocycles. The summed E-state index contributed by atoms with van der Waals surface area (Å²) in [5.41, 5.74) is 1.43. The number of anilines is 2. The Morgan fingerprint density at radius 2 is 2.19 bits per heavy atom. The molecule has 0 saturated carbocycles. The molecule has 0 spiro atoms. The highest BCUT2D eigenvalue weighted by Gasteiger charge is 2.35. The molecule has 37 heavy (non-hydrogen) atoms. The number of nitriles is 1. The van der Waals surface area contributed by atoms with Crippen LogP contribution in [0.4, 0.5) is 16.0 Å². The molecule has 1 aromatic carbocycles. The van der Waals surface area contributed by atoms with E-state index in [1.165, 1.54) is 6.33 Å². The molecule has 3 aromatic rings. The molecule has 3 N–H and O–H groups in total. The zero-order valence-corrected chi connectivity index (χ0v) is 20.3. The Bertz CT molecular complexity index is 1290. The van der Waals surface area contributed by atoms with Gasteiger partial charge in [0.05, 0.1) is 30.6 Å². The first-order valence-electron chi connectivity index (χ1n) is 11.7. The maximum Gasteiger partial charge on any atom is 0.253 e. The van der Waals surface area contributed by atoms with Gasteiger partial charge in [0, 0.05) is 30.8 Å². The molecular formula is C24H27FN8O4. The Kier molecular flexibility index (Phi) is 7.90. The summed E-state index contributed by atoms with van der Waals surface area (Å²) in [6, 6.07) is 7.03. The molecule has 2 aromatic heterocycles. The summed E-state index contributed by atoms with van der Waals surface area (Å²) in [5.74, 6) is 0.0997. The van der Waals surface area contributed by atoms with Crippen molar-refractivity contribution < 1.29 is 24.1 Å². The van der Waals surface area contributed by atoms with E-state index >= 15 is 0 Å². The Balaban J connectivity index is 1.46. The van der Waals surface area contributed by atoms with Crippen molar-refractivity contribution in [1.29, 1.82) is 5.26 Å². The number of piperidine rings is 1. The first-order chi connectivity index (χ1) is 17.8. The zero-order valence-electron chi connectivity index (χ0n) is 20.3. The lowest BCUT2D eigenvalue weighted by molar-refractivity contribution is -0.146. The predicted molar refractivity (Wildman–Crippen MR) is 129 cm³/mol. The Morgan fingerprint density at radius 1 is 1.38 bits per heavy atom. The number of hydrogen-bond donors (Lipinski definition) is 3. The number of carbonyl (C=O) groups is 1. The van der Waals surface area contributed by atoms with Crippen molar-refractivity contribution >= 4 is 17.5 Å². The number of rotatable bonds is 8. The van der Waals surface area contributed by atoms with Gasteiger partial charge in [0.15, 0.2) is 18.1 Å². The van der Waals surface area contributed by atoms with Crippen LogP contribution in [-0.4, -0.2) is 83.8 Å². The summed E-state index contributed by atoms with van der Waals surface area (Å²) in [4.78, 5) is 25.9. The first-order valence-corrected chi connectivity index (χ1v) is 11.7. The molecule has 0 bridgehead atoms. The van der Waals surface area contributed by atoms with Crippen LogP contribution in [-0.2, 0) is 4.79 Å². The van der Waals surface area contributed by atoms with E-state index in [-0.39, 0.29) is 36.9 Å². The van der Waals surface area contributed by atoms with Crippen LogP contribution in [0, 0.1) is 11.3 Å². The fourth-order valence-electron chi connectivity index (χ4n) is 3.84. The van der Waals surface area contributed by atoms with Crippen molar-refractivity contribution in [3.63, 3.8) is 0 Å². The third-order valence-electron chi connectivity index (χ3n) is 5.85. The molecule has 12 nitrogen and oxygen atoms in total. The molecule has 1 aliphatic heterocycles. The van der Waals surface area contributed by atoms with Gasteiger partial charge in [-0.25, -0.2) is 14.4 Å². The number of nitrogens with zero attached hydrogens (tertiary/aromatic N) is 7. The van der Waals surface area contributed by atoms with Gasteiger partial charge in [-0.2, -0.15) is 15.3 Å². The van der Waals surface area contributed by atoms with Gasteiger partial charge in [0.2, 0.25) is 5.95 Å². The molecule has 1 aliphatic rings. The van der Waals surface area contributed by atoms with Crippen LogP contribution in [0.3, 0.4) is 0 Å². The summed E-state index contributed by atoms with van der Waals surface area (Å²) < 4.78 is 22.4. The molecule has 1 unspecified atom stereocenters. The molecule has 194 valence electrons. The number of hydrogen-bond acceptors (Lipinski definition) is 10. The average molecular weight is 511 g/mol. The summed E-state index contributed by atoms with van der Waals surface area (Å²) in [7, 11) is 0. The Hall–Kier alpha value is -4.15. The minimum Gasteiger partial charge on any atom is -0.486 e. The lowest BCUT2D eigenvalue weighted by Crippen LogP contribution is -2.52. The second kappa shape index (κ2) is 11.3. The topological polar surface area (TPSA) is 162 Å². The number of nitrogens with one attached hydrogen (secondary N) is 1. The highest BCUT2D eigenvalue weighted by Crippen LogP contribution is 2.28. The number of amides is 1. The van der Waals surface area contributed by atoms with E-state index in [4.69, 9.17) is 9.84 Å². The second-order valence-corrected chi connectivity index (χ2v) is 8.83. The van der Waals surface area contributed by atoms with E-state index < -0.39 is 30.9 Å². The summed E-state index contributed by atoms with van der Waals surface area (Å²) in [5, 5.41) is 35.5. The maximum absolute atomic E-state index is 14.8. The number of halogens is 1. The molecule has 4 rings (SSSR count). The van der Waals surface area contributed by atoms with Crippen molar-refractivity contribution in [1.82, 2.24) is 29.6 Å². The summed E-state index contributed by atoms with van der Waals surface area (Å²) in [6.07, 6.45) is 1.02. The van der Waals surface area contributed by atoms with E-state index in [9.17, 15) is 19.6 Å². The Morgan fingerprint density at radius 3 is 2.86 bits per heavy atom. The number of aliphatic hydroxyl groups is 2. The third-order valence-corrected chi connectivity index (χ3v) is 5.85. The van der Waals surface area contributed by atoms with Crippen LogP contribution in [0.1, 0.15) is 31.9 Å². The number of benzene rings is 1. The van der Waals surface area contributed by atoms with Gasteiger partial charge in [0.1, 0.15) is 24.3 Å². The van der Waals surface area contributed by atoms with Crippen molar-refractivity contribution in [2.45, 2.75) is 44.7 Å². The molecule has 1 fully saturated rings. The lowest BCUT2D eigenvalue weighted by atomic mass is 10.0. The number of ether oxygens (including phenoxy) is 1. The smallest absolute Gasteiger partial charge is 0.253 e. The minimum atomic E-state index is -1.58. The van der Waals surface area contributed by atoms with Gasteiger partial charge >= 0.3 is 0 Å². The van der Waals surface area contributed by atoms with E-state index in [1.54, 1.807) is 29.1 Å². The average Bonchev–Trinajstić information content (AvgIpc) is 3.38. The van der Waals surface area contributed by atoms with E-state index in [0.29, 0.717) is 23.0 Å². The van der Waals surface area contributed by atoms with Crippen LogP contribution < -0.4 is 10.1 Å². The highest BCUT2D eigenvalue weighted by atomic mass is 19.1. The highest BCUT2D eigenvalue weighted by molar-refractivity contribution is 5.81. The third kappa shape index (κ3) is 5.99. The van der Waals surface area contributed by atoms with Crippen molar-refractivity contribution in [2.75, 3.05) is 25.0 Å². The van der Waals surface area contributed by atoms with Gasteiger partial charge in [0.25, 0.3) is 5.91 Å². The fourth-order valence-corrected chi connectivity index (χ4v) is 3.84. The largest absolute Gasteiger partial charge is 0.486 e. The molecule has 0 aliphatic carbocycles. The van der Waals surface area contributed by atoms with Crippen LogP contribution >= 0.6 is 0 Å². The lowest BCUT2D eigenvalue weighted by Gasteiger charge is -2.35. The number of aromatic nitrogens is 5. The predicted octanol–water partition coefficient (Wildman–Crippen LogP) is 1.60. The summed E-state index contributed by atoms with van der Waals surface area (Å²) >= 11 is 0. The minimum absolute atomic E-state index is 0.150. The van der Waals surface area contributed by atoms with Gasteiger partial charge in [-0.3, -0.25) is 9.48 Å². The van der Waals surface area contributed by atoms with Crippen molar-refractivity contribution in [2.24, 2.45) is 0 Å². The standard InChI is InChI=1S/C24H27FN8O4/c1-14(2)33-10-17(9-29-33)30-24-28-13-27-22(31-24)15-3-4-20(16(7-15)8-26)37-21-5-6-32(11-18(21)25)23(36)19(35)12-34/h3-4,7,9-10,13-14,18-19,21,34-35H,5-6,11-12H2,1-2H3,(H,27,28,30,31)/t18-,19?,21+/m1/s1. The molecule has 3 heterocycles. The number of likely N-dealkylation sites (tertiary alicyclic amines) is 1. The SMILES string of the molecule is CC(C)n1cc(Nc2ncnc(-c3ccc(O[C@H]4CCN(C(=O)C(O)CO)C[C@H]4F)c(C#N)c3)n2)cn1. The Labute approximate surface area is 212 Å². The quantitative estimate of drug-likeness (QED) is 0.406. The molecule has 0 radical (unpaired) electrons. The molecule has 13 heteroatoms. The van der Waals surface area contributed by atoms with Gasteiger partial charge < -0.3 is 25.2 Å². The first kappa shape index (κ1) is 25.9. The molecule has 3 atom stereocenters. The molecule has 1 amide bonds. The van der Waals surface area contributed by atoms with E-state index in [0.717, 1.165) is 4.90 Å². The number of aliphatic hydroxyl groups excluding tert-OH is 2. The van der Waals surface area contributed by atoms with Crippen LogP contribution in [0.15, 0.2) is 36.9 Å². The number of alkyl halides is 1. The van der Waals surface area contributed by atoms with Crippen LogP contribution in [0.2, 0.25) is 0 Å². The second-order valence-electron chi connectivity index (χ2n) is 8.83. The normalized spacial score (nSPS) is 18.4. The van der Waals surface area contributed by atoms with Gasteiger partial charge in [-0.15, -0.1) is 0 Å². The van der Waals surface area contributed by atoms with E-state index in [2.05, 4.69) is 31.4 Å². The van der Waals surface area contributed by atoms with Crippen LogP contribution in [0.25, 0.3) is 11.4 Å². The monoisotopic (exact) mass is 510 g/mol. The van der Waals surface area contributed by atoms with Crippen molar-refractivity contribution in [3.8, 4) is 23.2 Å². The van der Waals surface area contributed by atoms with Crippen molar-refractivity contribution in [3.05, 3.63) is 42.5 Å². The maximum atomic E-state index is 14.8. The fraction of sp³-hybridized carbons (Fsp3) is 0.417. The number of carbonyl (C=O) groups excluding carboxylic acids is 1. The zero-order chi connectivity index (χ0) is 26.5. The van der Waals surface area contributed by atoms with Gasteiger partial charge in [-0.05, 0) is 32.0 Å². The molecular weight excluding hydrogens is 483 g/mol. The van der Waals surface area contributed by atoms with E-state index in [1.807, 2.05) is 20.0 Å². The summed E-state index contributed by atoms with van der Waals surface area (Å²) in [6.45, 7) is 3.17.